The number of aromatic nitrogens is 2. The lowest BCUT2D eigenvalue weighted by Crippen LogP contribution is -2.29. The van der Waals surface area contributed by atoms with Crippen LogP contribution in [0.2, 0.25) is 0 Å². The molecular weight excluding hydrogens is 390 g/mol. The molecule has 0 fully saturated rings. The Kier molecular flexibility index (Phi) is 4.99. The van der Waals surface area contributed by atoms with Crippen LogP contribution < -0.4 is 11.3 Å². The minimum Gasteiger partial charge on any atom is -0.374 e. The lowest BCUT2D eigenvalue weighted by atomic mass is 10.1. The van der Waals surface area contributed by atoms with E-state index in [0.717, 1.165) is 4.68 Å². The van der Waals surface area contributed by atoms with Crippen molar-refractivity contribution in [3.05, 3.63) is 65.0 Å². The van der Waals surface area contributed by atoms with Gasteiger partial charge in [0.1, 0.15) is 0 Å². The molecule has 1 heterocycles. The van der Waals surface area contributed by atoms with Crippen LogP contribution in [0, 0.1) is 0 Å². The van der Waals surface area contributed by atoms with Gasteiger partial charge in [0, 0.05) is 5.56 Å². The number of azo groups is 1. The molecule has 0 amide bonds. The maximum atomic E-state index is 12.5. The molecular formula is C16H13N5O4S2. The van der Waals surface area contributed by atoms with E-state index in [2.05, 4.69) is 15.3 Å². The van der Waals surface area contributed by atoms with E-state index in [-0.39, 0.29) is 21.4 Å². The van der Waals surface area contributed by atoms with Crippen molar-refractivity contribution in [1.29, 1.82) is 0 Å². The zero-order chi connectivity index (χ0) is 19.6. The molecule has 0 aliphatic carbocycles. The maximum absolute atomic E-state index is 12.5. The van der Waals surface area contributed by atoms with Gasteiger partial charge in [-0.3, -0.25) is 14.4 Å². The average molecular weight is 403 g/mol. The van der Waals surface area contributed by atoms with Crippen molar-refractivity contribution in [3.63, 3.8) is 0 Å². The second kappa shape index (κ2) is 7.23. The molecule has 11 heteroatoms. The first-order valence-corrected chi connectivity index (χ1v) is 9.32. The second-order valence-corrected chi connectivity index (χ2v) is 7.19. The topological polar surface area (TPSA) is 143 Å². The van der Waals surface area contributed by atoms with Crippen LogP contribution in [0.3, 0.4) is 0 Å². The third kappa shape index (κ3) is 4.00. The van der Waals surface area contributed by atoms with Gasteiger partial charge in [0.25, 0.3) is 10.1 Å². The van der Waals surface area contributed by atoms with Gasteiger partial charge in [0.2, 0.25) is 0 Å². The fraction of sp³-hybridized carbons (Fsp3) is 0. The number of thiocarbonyl (C=S) groups is 1. The lowest BCUT2D eigenvalue weighted by molar-refractivity contribution is 0.483. The fourth-order valence-electron chi connectivity index (χ4n) is 2.27. The van der Waals surface area contributed by atoms with Crippen LogP contribution in [0.5, 0.6) is 0 Å². The van der Waals surface area contributed by atoms with Crippen LogP contribution in [0.25, 0.3) is 11.3 Å². The first-order chi connectivity index (χ1) is 12.8. The maximum Gasteiger partial charge on any atom is 0.301 e. The highest BCUT2D eigenvalue weighted by atomic mass is 32.2. The molecule has 2 aromatic carbocycles. The first-order valence-electron chi connectivity index (χ1n) is 7.47. The number of hydrogen-bond donors (Lipinski definition) is 3. The summed E-state index contributed by atoms with van der Waals surface area (Å²) in [4.78, 5) is 12.2. The SMILES string of the molecule is NC(=S)n1[nH]c(-c2ccccc2)c(N=Nc2ccc(S(=O)(=O)O)cc2)c1=O. The predicted molar refractivity (Wildman–Crippen MR) is 103 cm³/mol. The quantitative estimate of drug-likeness (QED) is 0.347. The second-order valence-electron chi connectivity index (χ2n) is 5.35. The molecule has 0 aliphatic heterocycles. The highest BCUT2D eigenvalue weighted by Crippen LogP contribution is 2.27. The zero-order valence-corrected chi connectivity index (χ0v) is 15.2. The summed E-state index contributed by atoms with van der Waals surface area (Å²) in [7, 11) is -4.30. The van der Waals surface area contributed by atoms with Gasteiger partial charge in [-0.05, 0) is 36.5 Å². The van der Waals surface area contributed by atoms with Gasteiger partial charge in [0.05, 0.1) is 16.3 Å². The molecule has 3 rings (SSSR count). The minimum absolute atomic E-state index is 0.00661. The summed E-state index contributed by atoms with van der Waals surface area (Å²) < 4.78 is 32.1. The van der Waals surface area contributed by atoms with Crippen molar-refractivity contribution >= 4 is 38.8 Å². The van der Waals surface area contributed by atoms with Gasteiger partial charge in [0.15, 0.2) is 10.8 Å². The van der Waals surface area contributed by atoms with E-state index >= 15 is 0 Å². The third-order valence-corrected chi connectivity index (χ3v) is 4.60. The Hall–Kier alpha value is -3.15. The van der Waals surface area contributed by atoms with Crippen molar-refractivity contribution < 1.29 is 13.0 Å². The van der Waals surface area contributed by atoms with Crippen molar-refractivity contribution in [1.82, 2.24) is 9.78 Å². The molecule has 1 aromatic heterocycles. The van der Waals surface area contributed by atoms with Crippen molar-refractivity contribution in [2.24, 2.45) is 16.0 Å². The molecule has 0 bridgehead atoms. The molecule has 0 spiro atoms. The zero-order valence-electron chi connectivity index (χ0n) is 13.6. The first kappa shape index (κ1) is 18.6. The van der Waals surface area contributed by atoms with Crippen LogP contribution in [0.1, 0.15) is 0 Å². The van der Waals surface area contributed by atoms with Crippen LogP contribution >= 0.6 is 12.2 Å². The number of hydrogen-bond acceptors (Lipinski definition) is 6. The smallest absolute Gasteiger partial charge is 0.301 e. The molecule has 0 aliphatic rings. The van der Waals surface area contributed by atoms with E-state index in [9.17, 15) is 13.2 Å². The average Bonchev–Trinajstić information content (AvgIpc) is 2.97. The molecule has 0 atom stereocenters. The summed E-state index contributed by atoms with van der Waals surface area (Å²) >= 11 is 4.86. The Morgan fingerprint density at radius 3 is 2.26 bits per heavy atom. The predicted octanol–water partition coefficient (Wildman–Crippen LogP) is 2.60. The number of H-pyrrole nitrogens is 1. The summed E-state index contributed by atoms with van der Waals surface area (Å²) in [5.41, 5.74) is 6.32. The van der Waals surface area contributed by atoms with Crippen molar-refractivity contribution in [3.8, 4) is 11.3 Å². The minimum atomic E-state index is -4.30. The molecule has 27 heavy (non-hydrogen) atoms. The Bertz CT molecular complexity index is 1180. The summed E-state index contributed by atoms with van der Waals surface area (Å²) in [5.74, 6) is 0. The van der Waals surface area contributed by atoms with E-state index in [1.807, 2.05) is 6.07 Å². The van der Waals surface area contributed by atoms with Gasteiger partial charge in [-0.2, -0.15) is 18.2 Å². The molecule has 0 unspecified atom stereocenters. The van der Waals surface area contributed by atoms with Gasteiger partial charge < -0.3 is 5.73 Å². The molecule has 138 valence electrons. The van der Waals surface area contributed by atoms with Gasteiger partial charge in [-0.15, -0.1) is 5.11 Å². The summed E-state index contributed by atoms with van der Waals surface area (Å²) in [5, 5.41) is 10.6. The Morgan fingerprint density at radius 1 is 1.07 bits per heavy atom. The number of rotatable bonds is 4. The van der Waals surface area contributed by atoms with Crippen LogP contribution in [0.15, 0.2) is 74.5 Å². The van der Waals surface area contributed by atoms with E-state index in [4.69, 9.17) is 22.5 Å². The molecule has 0 saturated carbocycles. The number of nitrogens with zero attached hydrogens (tertiary/aromatic N) is 3. The lowest BCUT2D eigenvalue weighted by Gasteiger charge is -1.99. The molecule has 0 radical (unpaired) electrons. The van der Waals surface area contributed by atoms with Crippen LogP contribution in [-0.4, -0.2) is 27.9 Å². The highest BCUT2D eigenvalue weighted by Gasteiger charge is 2.17. The number of benzene rings is 2. The van der Waals surface area contributed by atoms with Crippen LogP contribution in [0.4, 0.5) is 11.4 Å². The highest BCUT2D eigenvalue weighted by molar-refractivity contribution is 7.85. The Balaban J connectivity index is 2.05. The van der Waals surface area contributed by atoms with E-state index in [1.165, 1.54) is 24.3 Å². The normalized spacial score (nSPS) is 11.7. The summed E-state index contributed by atoms with van der Waals surface area (Å²) in [6, 6.07) is 14.0. The van der Waals surface area contributed by atoms with E-state index < -0.39 is 15.7 Å². The standard InChI is InChI=1S/C16H13N5O4S2/c17-16(26)21-15(22)14(13(20-21)10-4-2-1-3-5-10)19-18-11-6-8-12(9-7-11)27(23,24)25/h1-9,20H,(H2,17,26)(H,23,24,25). The van der Waals surface area contributed by atoms with Crippen molar-refractivity contribution in [2.45, 2.75) is 4.90 Å². The number of aromatic amines is 1. The van der Waals surface area contributed by atoms with Gasteiger partial charge in [-0.1, -0.05) is 30.3 Å². The fourth-order valence-corrected chi connectivity index (χ4v) is 2.88. The number of nitrogens with one attached hydrogen (secondary N) is 1. The monoisotopic (exact) mass is 403 g/mol. The molecule has 0 saturated heterocycles. The molecule has 4 N–H and O–H groups in total. The molecule has 9 nitrogen and oxygen atoms in total. The summed E-state index contributed by atoms with van der Waals surface area (Å²) in [6.07, 6.45) is 0. The van der Waals surface area contributed by atoms with E-state index in [1.54, 1.807) is 24.3 Å². The summed E-state index contributed by atoms with van der Waals surface area (Å²) in [6.45, 7) is 0. The Labute approximate surface area is 158 Å². The van der Waals surface area contributed by atoms with E-state index in [0.29, 0.717) is 11.3 Å². The van der Waals surface area contributed by atoms with Gasteiger partial charge in [-0.25, -0.2) is 0 Å². The van der Waals surface area contributed by atoms with Crippen LogP contribution in [-0.2, 0) is 10.1 Å². The van der Waals surface area contributed by atoms with Crippen molar-refractivity contribution in [2.75, 3.05) is 0 Å². The largest absolute Gasteiger partial charge is 0.374 e. The Morgan fingerprint density at radius 2 is 1.70 bits per heavy atom. The molecule has 3 aromatic rings. The third-order valence-electron chi connectivity index (χ3n) is 3.55. The number of nitrogens with two attached hydrogens (primary N) is 1. The van der Waals surface area contributed by atoms with Gasteiger partial charge >= 0.3 is 5.56 Å².